The molecule has 0 fully saturated rings. The van der Waals surface area contributed by atoms with Gasteiger partial charge in [0.05, 0.1) is 23.8 Å². The summed E-state index contributed by atoms with van der Waals surface area (Å²) in [4.78, 5) is 43.4. The fraction of sp³-hybridized carbons (Fsp3) is 0.120. The minimum absolute atomic E-state index is 0.248. The van der Waals surface area contributed by atoms with Crippen LogP contribution in [0.1, 0.15) is 31.1 Å². The first-order valence-corrected chi connectivity index (χ1v) is 10.5. The number of rotatable bonds is 6. The van der Waals surface area contributed by atoms with Crippen molar-refractivity contribution in [1.29, 1.82) is 0 Å². The van der Waals surface area contributed by atoms with Crippen molar-refractivity contribution in [3.63, 3.8) is 0 Å². The normalized spacial score (nSPS) is 12.9. The SMILES string of the molecule is COC(=O)c1ccc(NC(=O)c2ccc(N3C=CN(c4ccc(C(=O)O)cc4)CC3)nc2)cc1. The Morgan fingerprint density at radius 2 is 1.47 bits per heavy atom. The summed E-state index contributed by atoms with van der Waals surface area (Å²) in [5.41, 5.74) is 2.51. The van der Waals surface area contributed by atoms with E-state index in [0.717, 1.165) is 5.69 Å². The molecule has 0 saturated carbocycles. The van der Waals surface area contributed by atoms with Crippen molar-refractivity contribution in [1.82, 2.24) is 4.98 Å². The second kappa shape index (κ2) is 9.86. The third kappa shape index (κ3) is 5.04. The Bertz CT molecular complexity index is 1220. The largest absolute Gasteiger partial charge is 0.478 e. The van der Waals surface area contributed by atoms with Crippen LogP contribution in [0.4, 0.5) is 17.2 Å². The summed E-state index contributed by atoms with van der Waals surface area (Å²) in [6, 6.07) is 16.6. The molecule has 172 valence electrons. The van der Waals surface area contributed by atoms with Crippen molar-refractivity contribution in [3.8, 4) is 0 Å². The number of hydrogen-bond donors (Lipinski definition) is 2. The van der Waals surface area contributed by atoms with Crippen LogP contribution in [0.5, 0.6) is 0 Å². The van der Waals surface area contributed by atoms with E-state index >= 15 is 0 Å². The maximum Gasteiger partial charge on any atom is 0.337 e. The van der Waals surface area contributed by atoms with Crippen LogP contribution in [0.25, 0.3) is 0 Å². The zero-order chi connectivity index (χ0) is 24.1. The zero-order valence-corrected chi connectivity index (χ0v) is 18.3. The number of carboxylic acids is 1. The third-order valence-corrected chi connectivity index (χ3v) is 5.32. The highest BCUT2D eigenvalue weighted by atomic mass is 16.5. The molecule has 1 aromatic heterocycles. The van der Waals surface area contributed by atoms with Gasteiger partial charge in [0.1, 0.15) is 5.82 Å². The van der Waals surface area contributed by atoms with Gasteiger partial charge in [-0.3, -0.25) is 4.79 Å². The molecule has 0 bridgehead atoms. The Morgan fingerprint density at radius 1 is 0.853 bits per heavy atom. The van der Waals surface area contributed by atoms with E-state index in [2.05, 4.69) is 15.0 Å². The van der Waals surface area contributed by atoms with Gasteiger partial charge in [-0.2, -0.15) is 0 Å². The van der Waals surface area contributed by atoms with Gasteiger partial charge in [0.25, 0.3) is 5.91 Å². The van der Waals surface area contributed by atoms with Crippen LogP contribution in [-0.4, -0.2) is 48.1 Å². The molecule has 1 amide bonds. The summed E-state index contributed by atoms with van der Waals surface area (Å²) in [6.45, 7) is 1.36. The molecular formula is C25H22N4O5. The number of carbonyl (C=O) groups is 3. The number of aromatic carboxylic acids is 1. The van der Waals surface area contributed by atoms with E-state index in [0.29, 0.717) is 35.7 Å². The van der Waals surface area contributed by atoms with Crippen LogP contribution in [0.3, 0.4) is 0 Å². The van der Waals surface area contributed by atoms with E-state index < -0.39 is 11.9 Å². The van der Waals surface area contributed by atoms with Crippen molar-refractivity contribution in [2.24, 2.45) is 0 Å². The fourth-order valence-electron chi connectivity index (χ4n) is 3.43. The molecule has 9 nitrogen and oxygen atoms in total. The molecular weight excluding hydrogens is 436 g/mol. The monoisotopic (exact) mass is 458 g/mol. The average molecular weight is 458 g/mol. The van der Waals surface area contributed by atoms with Gasteiger partial charge in [0.15, 0.2) is 0 Å². The van der Waals surface area contributed by atoms with Crippen LogP contribution in [0.15, 0.2) is 79.3 Å². The molecule has 4 rings (SSSR count). The first-order chi connectivity index (χ1) is 16.4. The molecule has 0 aliphatic carbocycles. The van der Waals surface area contributed by atoms with Crippen molar-refractivity contribution in [2.45, 2.75) is 0 Å². The predicted octanol–water partition coefficient (Wildman–Crippen LogP) is 3.62. The molecule has 34 heavy (non-hydrogen) atoms. The van der Waals surface area contributed by atoms with Gasteiger partial charge in [-0.25, -0.2) is 14.6 Å². The maximum absolute atomic E-state index is 12.5. The second-order valence-corrected chi connectivity index (χ2v) is 7.47. The number of hydrogen-bond acceptors (Lipinski definition) is 7. The number of benzene rings is 2. The third-order valence-electron chi connectivity index (χ3n) is 5.32. The van der Waals surface area contributed by atoms with Crippen molar-refractivity contribution < 1.29 is 24.2 Å². The number of methoxy groups -OCH3 is 1. The van der Waals surface area contributed by atoms with E-state index in [1.807, 2.05) is 22.2 Å². The topological polar surface area (TPSA) is 112 Å². The zero-order valence-electron chi connectivity index (χ0n) is 18.3. The van der Waals surface area contributed by atoms with E-state index in [-0.39, 0.29) is 11.5 Å². The summed E-state index contributed by atoms with van der Waals surface area (Å²) >= 11 is 0. The Kier molecular flexibility index (Phi) is 6.54. The minimum Gasteiger partial charge on any atom is -0.478 e. The highest BCUT2D eigenvalue weighted by Crippen LogP contribution is 2.21. The lowest BCUT2D eigenvalue weighted by atomic mass is 10.2. The van der Waals surface area contributed by atoms with E-state index in [4.69, 9.17) is 5.11 Å². The molecule has 1 aliphatic rings. The number of ether oxygens (including phenoxy) is 1. The summed E-state index contributed by atoms with van der Waals surface area (Å²) in [5, 5.41) is 11.8. The Hall–Kier alpha value is -4.66. The molecule has 3 aromatic rings. The van der Waals surface area contributed by atoms with Crippen molar-refractivity contribution >= 4 is 35.0 Å². The first kappa shape index (κ1) is 22.5. The number of carboxylic acid groups (broad SMARTS) is 1. The van der Waals surface area contributed by atoms with Crippen molar-refractivity contribution in [3.05, 3.63) is 96.0 Å². The smallest absolute Gasteiger partial charge is 0.337 e. The van der Waals surface area contributed by atoms with Gasteiger partial charge in [0, 0.05) is 43.1 Å². The van der Waals surface area contributed by atoms with Crippen LogP contribution < -0.4 is 15.1 Å². The van der Waals surface area contributed by atoms with E-state index in [9.17, 15) is 14.4 Å². The molecule has 2 aromatic carbocycles. The highest BCUT2D eigenvalue weighted by Gasteiger charge is 2.15. The van der Waals surface area contributed by atoms with Gasteiger partial charge >= 0.3 is 11.9 Å². The number of aromatic nitrogens is 1. The summed E-state index contributed by atoms with van der Waals surface area (Å²) in [7, 11) is 1.31. The fourth-order valence-corrected chi connectivity index (χ4v) is 3.43. The maximum atomic E-state index is 12.5. The van der Waals surface area contributed by atoms with E-state index in [1.54, 1.807) is 60.7 Å². The lowest BCUT2D eigenvalue weighted by Crippen LogP contribution is -2.35. The van der Waals surface area contributed by atoms with Gasteiger partial charge in [-0.05, 0) is 60.7 Å². The van der Waals surface area contributed by atoms with Gasteiger partial charge in [-0.1, -0.05) is 0 Å². The number of nitrogens with zero attached hydrogens (tertiary/aromatic N) is 3. The average Bonchev–Trinajstić information content (AvgIpc) is 2.89. The van der Waals surface area contributed by atoms with Crippen LogP contribution in [0, 0.1) is 0 Å². The summed E-state index contributed by atoms with van der Waals surface area (Å²) < 4.78 is 4.66. The molecule has 0 radical (unpaired) electrons. The molecule has 2 heterocycles. The molecule has 0 unspecified atom stereocenters. The minimum atomic E-state index is -0.952. The molecule has 0 spiro atoms. The lowest BCUT2D eigenvalue weighted by molar-refractivity contribution is 0.0599. The number of pyridine rings is 1. The Labute approximate surface area is 195 Å². The van der Waals surface area contributed by atoms with E-state index in [1.165, 1.54) is 13.3 Å². The molecule has 2 N–H and O–H groups in total. The van der Waals surface area contributed by atoms with Crippen LogP contribution >= 0.6 is 0 Å². The Balaban J connectivity index is 1.37. The number of nitrogens with one attached hydrogen (secondary N) is 1. The molecule has 9 heteroatoms. The van der Waals surface area contributed by atoms with Crippen molar-refractivity contribution in [2.75, 3.05) is 35.3 Å². The predicted molar refractivity (Wildman–Crippen MR) is 127 cm³/mol. The number of esters is 1. The van der Waals surface area contributed by atoms with Crippen LogP contribution in [0.2, 0.25) is 0 Å². The number of carbonyl (C=O) groups excluding carboxylic acids is 2. The second-order valence-electron chi connectivity index (χ2n) is 7.47. The summed E-state index contributed by atoms with van der Waals surface area (Å²) in [6.07, 6.45) is 5.30. The van der Waals surface area contributed by atoms with Crippen LogP contribution in [-0.2, 0) is 4.74 Å². The number of anilines is 3. The first-order valence-electron chi connectivity index (χ1n) is 10.5. The standard InChI is InChI=1S/C25H22N4O5/c1-34-25(33)18-2-7-20(8-3-18)27-23(30)19-6-11-22(26-16-19)29-14-12-28(13-15-29)21-9-4-17(5-10-21)24(31)32/h2-12,14,16H,13,15H2,1H3,(H,27,30)(H,31,32). The quantitative estimate of drug-likeness (QED) is 0.539. The number of amides is 1. The Morgan fingerprint density at radius 3 is 2.03 bits per heavy atom. The van der Waals surface area contributed by atoms with Gasteiger partial charge in [0.2, 0.25) is 0 Å². The summed E-state index contributed by atoms with van der Waals surface area (Å²) in [5.74, 6) is -0.999. The highest BCUT2D eigenvalue weighted by molar-refractivity contribution is 6.04. The lowest BCUT2D eigenvalue weighted by Gasteiger charge is -2.30. The molecule has 0 atom stereocenters. The molecule has 0 saturated heterocycles. The van der Waals surface area contributed by atoms with Gasteiger partial charge in [-0.15, -0.1) is 0 Å². The van der Waals surface area contributed by atoms with Gasteiger partial charge < -0.3 is 25.0 Å². The molecule has 1 aliphatic heterocycles.